The summed E-state index contributed by atoms with van der Waals surface area (Å²) in [4.78, 5) is 3.85. The third-order valence-electron chi connectivity index (χ3n) is 1.92. The number of hydrogen-bond donors (Lipinski definition) is 0. The fraction of sp³-hybridized carbons (Fsp3) is 0.0833. The summed E-state index contributed by atoms with van der Waals surface area (Å²) in [5.41, 5.74) is 0.873. The number of aromatic nitrogens is 1. The number of rotatable bonds is 3. The van der Waals surface area contributed by atoms with E-state index in [1.54, 1.807) is 18.3 Å². The minimum atomic E-state index is -0.346. The van der Waals surface area contributed by atoms with Crippen LogP contribution in [0.4, 0.5) is 4.39 Å². The third-order valence-corrected chi connectivity index (χ3v) is 2.13. The summed E-state index contributed by atoms with van der Waals surface area (Å²) in [6.07, 6.45) is 1.59. The van der Waals surface area contributed by atoms with Crippen molar-refractivity contribution in [3.63, 3.8) is 0 Å². The van der Waals surface area contributed by atoms with Gasteiger partial charge in [-0.2, -0.15) is 0 Å². The third kappa shape index (κ3) is 2.94. The lowest BCUT2D eigenvalue weighted by atomic mass is 10.3. The van der Waals surface area contributed by atoms with Crippen molar-refractivity contribution in [3.8, 4) is 5.75 Å². The highest BCUT2D eigenvalue weighted by atomic mass is 35.5. The van der Waals surface area contributed by atoms with Gasteiger partial charge in [-0.05, 0) is 29.8 Å². The molecule has 2 rings (SSSR count). The van der Waals surface area contributed by atoms with E-state index in [1.165, 1.54) is 18.2 Å². The lowest BCUT2D eigenvalue weighted by molar-refractivity contribution is 0.304. The molecule has 1 radical (unpaired) electrons. The van der Waals surface area contributed by atoms with Gasteiger partial charge < -0.3 is 4.74 Å². The van der Waals surface area contributed by atoms with E-state index in [1.807, 2.05) is 0 Å². The summed E-state index contributed by atoms with van der Waals surface area (Å²) >= 11 is 5.72. The summed E-state index contributed by atoms with van der Waals surface area (Å²) in [5.74, 6) is 0.0226. The first kappa shape index (κ1) is 10.9. The number of halogens is 2. The molecule has 1 heterocycles. The second kappa shape index (κ2) is 4.94. The highest BCUT2D eigenvalue weighted by Gasteiger charge is 1.99. The largest absolute Gasteiger partial charge is 0.488 e. The topological polar surface area (TPSA) is 22.1 Å². The number of nitrogens with zero attached hydrogens (tertiary/aromatic N) is 1. The van der Waals surface area contributed by atoms with Gasteiger partial charge in [-0.3, -0.25) is 0 Å². The Bertz CT molecular complexity index is 444. The average molecular weight is 237 g/mol. The minimum Gasteiger partial charge on any atom is -0.488 e. The molecule has 0 N–H and O–H groups in total. The summed E-state index contributed by atoms with van der Waals surface area (Å²) in [7, 11) is 0. The van der Waals surface area contributed by atoms with Crippen LogP contribution >= 0.6 is 11.6 Å². The molecule has 0 saturated heterocycles. The Hall–Kier alpha value is -1.61. The molecule has 0 amide bonds. The maximum atomic E-state index is 12.8. The number of benzene rings is 1. The van der Waals surface area contributed by atoms with Gasteiger partial charge in [0.15, 0.2) is 0 Å². The van der Waals surface area contributed by atoms with Crippen molar-refractivity contribution < 1.29 is 9.13 Å². The van der Waals surface area contributed by atoms with Gasteiger partial charge in [-0.15, -0.1) is 0 Å². The number of pyridine rings is 1. The van der Waals surface area contributed by atoms with Crippen LogP contribution in [0, 0.1) is 11.9 Å². The zero-order valence-corrected chi connectivity index (χ0v) is 9.04. The molecule has 81 valence electrons. The molecule has 1 aromatic heterocycles. The van der Waals surface area contributed by atoms with Crippen molar-refractivity contribution in [1.29, 1.82) is 0 Å². The molecule has 2 nitrogen and oxygen atoms in total. The Morgan fingerprint density at radius 1 is 1.38 bits per heavy atom. The highest BCUT2D eigenvalue weighted by molar-refractivity contribution is 6.29. The van der Waals surface area contributed by atoms with Crippen LogP contribution in [0.1, 0.15) is 5.56 Å². The summed E-state index contributed by atoms with van der Waals surface area (Å²) < 4.78 is 18.2. The van der Waals surface area contributed by atoms with E-state index in [9.17, 15) is 4.39 Å². The molecule has 0 bridgehead atoms. The van der Waals surface area contributed by atoms with Gasteiger partial charge in [-0.1, -0.05) is 11.6 Å². The van der Waals surface area contributed by atoms with Crippen molar-refractivity contribution in [2.75, 3.05) is 0 Å². The SMILES string of the molecule is Fc1cc[c]c(OCc2ccnc(Cl)c2)c1. The first-order valence-electron chi connectivity index (χ1n) is 4.64. The predicted molar refractivity (Wildman–Crippen MR) is 58.8 cm³/mol. The standard InChI is InChI=1S/C12H8ClFNO/c13-12-6-9(4-5-15-12)8-16-11-3-1-2-10(14)7-11/h1-2,4-7H,8H2. The molecule has 0 aliphatic rings. The molecule has 1 aromatic carbocycles. The zero-order valence-electron chi connectivity index (χ0n) is 8.28. The van der Waals surface area contributed by atoms with Gasteiger partial charge in [0.25, 0.3) is 0 Å². The Balaban J connectivity index is 2.02. The minimum absolute atomic E-state index is 0.308. The second-order valence-corrected chi connectivity index (χ2v) is 3.53. The van der Waals surface area contributed by atoms with E-state index in [0.29, 0.717) is 17.5 Å². The molecule has 0 spiro atoms. The molecule has 0 fully saturated rings. The van der Waals surface area contributed by atoms with Crippen molar-refractivity contribution in [3.05, 3.63) is 59.1 Å². The molecule has 0 unspecified atom stereocenters. The summed E-state index contributed by atoms with van der Waals surface area (Å²) in [6.45, 7) is 0.308. The van der Waals surface area contributed by atoms with E-state index < -0.39 is 0 Å². The van der Waals surface area contributed by atoms with Crippen LogP contribution in [-0.4, -0.2) is 4.98 Å². The Morgan fingerprint density at radius 3 is 3.00 bits per heavy atom. The lowest BCUT2D eigenvalue weighted by Gasteiger charge is -2.05. The molecular formula is C12H8ClFNO. The van der Waals surface area contributed by atoms with E-state index in [2.05, 4.69) is 11.1 Å². The van der Waals surface area contributed by atoms with Crippen LogP contribution in [0.2, 0.25) is 5.15 Å². The Labute approximate surface area is 97.7 Å². The van der Waals surface area contributed by atoms with Crippen molar-refractivity contribution in [1.82, 2.24) is 4.98 Å². The fourth-order valence-electron chi connectivity index (χ4n) is 1.20. The monoisotopic (exact) mass is 236 g/mol. The van der Waals surface area contributed by atoms with Crippen molar-refractivity contribution in [2.45, 2.75) is 6.61 Å². The average Bonchev–Trinajstić information content (AvgIpc) is 2.27. The van der Waals surface area contributed by atoms with Crippen LogP contribution in [0.3, 0.4) is 0 Å². The van der Waals surface area contributed by atoms with E-state index in [0.717, 1.165) is 5.56 Å². The molecule has 16 heavy (non-hydrogen) atoms. The van der Waals surface area contributed by atoms with Crippen LogP contribution in [0.25, 0.3) is 0 Å². The van der Waals surface area contributed by atoms with Crippen LogP contribution < -0.4 is 4.74 Å². The smallest absolute Gasteiger partial charge is 0.130 e. The Morgan fingerprint density at radius 2 is 2.25 bits per heavy atom. The molecule has 0 saturated carbocycles. The van der Waals surface area contributed by atoms with Crippen molar-refractivity contribution >= 4 is 11.6 Å². The summed E-state index contributed by atoms with van der Waals surface area (Å²) in [5, 5.41) is 0.407. The lowest BCUT2D eigenvalue weighted by Crippen LogP contribution is -1.96. The molecule has 4 heteroatoms. The second-order valence-electron chi connectivity index (χ2n) is 3.15. The van der Waals surface area contributed by atoms with Crippen LogP contribution in [0.15, 0.2) is 36.5 Å². The zero-order chi connectivity index (χ0) is 11.4. The summed E-state index contributed by atoms with van der Waals surface area (Å²) in [6, 6.07) is 10.3. The molecule has 0 aliphatic carbocycles. The van der Waals surface area contributed by atoms with Crippen LogP contribution in [0.5, 0.6) is 5.75 Å². The van der Waals surface area contributed by atoms with Gasteiger partial charge in [0, 0.05) is 18.3 Å². The first-order valence-corrected chi connectivity index (χ1v) is 5.02. The number of ether oxygens (including phenoxy) is 1. The first-order chi connectivity index (χ1) is 7.74. The Kier molecular flexibility index (Phi) is 3.37. The number of hydrogen-bond acceptors (Lipinski definition) is 2. The predicted octanol–water partition coefficient (Wildman–Crippen LogP) is 3.25. The van der Waals surface area contributed by atoms with Gasteiger partial charge in [0.05, 0.1) is 0 Å². The van der Waals surface area contributed by atoms with E-state index in [-0.39, 0.29) is 5.82 Å². The molecule has 0 aliphatic heterocycles. The molecule has 2 aromatic rings. The normalized spacial score (nSPS) is 10.1. The fourth-order valence-corrected chi connectivity index (χ4v) is 1.39. The van der Waals surface area contributed by atoms with E-state index in [4.69, 9.17) is 16.3 Å². The molecule has 0 atom stereocenters. The maximum Gasteiger partial charge on any atom is 0.130 e. The highest BCUT2D eigenvalue weighted by Crippen LogP contribution is 2.14. The van der Waals surface area contributed by atoms with E-state index >= 15 is 0 Å². The van der Waals surface area contributed by atoms with Gasteiger partial charge in [0.1, 0.15) is 23.3 Å². The van der Waals surface area contributed by atoms with Crippen LogP contribution in [-0.2, 0) is 6.61 Å². The van der Waals surface area contributed by atoms with Gasteiger partial charge in [-0.25, -0.2) is 9.37 Å². The van der Waals surface area contributed by atoms with Gasteiger partial charge >= 0.3 is 0 Å². The quantitative estimate of drug-likeness (QED) is 0.764. The molecular weight excluding hydrogens is 229 g/mol. The van der Waals surface area contributed by atoms with Crippen molar-refractivity contribution in [2.24, 2.45) is 0 Å². The maximum absolute atomic E-state index is 12.8. The van der Waals surface area contributed by atoms with Gasteiger partial charge in [0.2, 0.25) is 0 Å².